The maximum atomic E-state index is 13.4. The summed E-state index contributed by atoms with van der Waals surface area (Å²) < 4.78 is 39.3. The Morgan fingerprint density at radius 2 is 1.89 bits per heavy atom. The van der Waals surface area contributed by atoms with Gasteiger partial charge in [0.25, 0.3) is 0 Å². The summed E-state index contributed by atoms with van der Waals surface area (Å²) in [5.74, 6) is 0.681. The maximum absolute atomic E-state index is 13.4. The lowest BCUT2D eigenvalue weighted by Gasteiger charge is -2.43. The van der Waals surface area contributed by atoms with Crippen molar-refractivity contribution in [2.75, 3.05) is 73.2 Å². The van der Waals surface area contributed by atoms with Crippen LogP contribution in [0.15, 0.2) is 17.0 Å². The molecule has 3 atom stereocenters. The first-order valence-corrected chi connectivity index (χ1v) is 15.6. The third-order valence-electron chi connectivity index (χ3n) is 8.76. The molecule has 9 nitrogen and oxygen atoms in total. The standard InChI is InChI=1S/C28H46N4O5S/c1-6-30-10-12-31(13-11-30)24-9-7-8-23(17-24)29(4)27(33)20-37-15-14-32-19-22(3)26-18-25(36-5)16-21(2)28(26)38(32,34)35/h16,18,22-24H,6-15,17,19-20H2,1-5H3. The van der Waals surface area contributed by atoms with Gasteiger partial charge < -0.3 is 19.3 Å². The molecule has 38 heavy (non-hydrogen) atoms. The van der Waals surface area contributed by atoms with E-state index in [0.29, 0.717) is 28.8 Å². The molecule has 10 heteroatoms. The second-order valence-corrected chi connectivity index (χ2v) is 13.0. The van der Waals surface area contributed by atoms with Crippen molar-refractivity contribution in [2.45, 2.75) is 69.4 Å². The molecule has 0 aromatic heterocycles. The third-order valence-corrected chi connectivity index (χ3v) is 10.8. The molecule has 1 saturated heterocycles. The number of methoxy groups -OCH3 is 1. The first kappa shape index (κ1) is 29.3. The molecule has 1 saturated carbocycles. The maximum Gasteiger partial charge on any atom is 0.248 e. The van der Waals surface area contributed by atoms with Crippen LogP contribution in [0.1, 0.15) is 56.6 Å². The highest BCUT2D eigenvalue weighted by Crippen LogP contribution is 2.38. The lowest BCUT2D eigenvalue weighted by molar-refractivity contribution is -0.138. The number of carbonyl (C=O) groups is 1. The molecule has 3 unspecified atom stereocenters. The smallest absolute Gasteiger partial charge is 0.248 e. The highest BCUT2D eigenvalue weighted by atomic mass is 32.2. The monoisotopic (exact) mass is 550 g/mol. The normalized spacial score (nSPS) is 26.6. The minimum atomic E-state index is -3.63. The molecule has 3 aliphatic rings. The average molecular weight is 551 g/mol. The van der Waals surface area contributed by atoms with Gasteiger partial charge >= 0.3 is 0 Å². The van der Waals surface area contributed by atoms with Crippen molar-refractivity contribution >= 4 is 15.9 Å². The van der Waals surface area contributed by atoms with Crippen LogP contribution in [0.4, 0.5) is 0 Å². The van der Waals surface area contributed by atoms with Gasteiger partial charge in [0, 0.05) is 58.4 Å². The zero-order valence-electron chi connectivity index (χ0n) is 23.8. The summed E-state index contributed by atoms with van der Waals surface area (Å²) >= 11 is 0. The van der Waals surface area contributed by atoms with Crippen molar-refractivity contribution in [1.29, 1.82) is 0 Å². The minimum absolute atomic E-state index is 0.0247. The molecule has 214 valence electrons. The minimum Gasteiger partial charge on any atom is -0.497 e. The number of benzene rings is 1. The quantitative estimate of drug-likeness (QED) is 0.437. The van der Waals surface area contributed by atoms with Crippen molar-refractivity contribution < 1.29 is 22.7 Å². The van der Waals surface area contributed by atoms with Crippen molar-refractivity contribution in [3.63, 3.8) is 0 Å². The molecule has 4 rings (SSSR count). The van der Waals surface area contributed by atoms with Gasteiger partial charge in [0.1, 0.15) is 12.4 Å². The number of fused-ring (bicyclic) bond motifs is 1. The summed E-state index contributed by atoms with van der Waals surface area (Å²) in [5, 5.41) is 0. The highest BCUT2D eigenvalue weighted by Gasteiger charge is 2.37. The summed E-state index contributed by atoms with van der Waals surface area (Å²) in [6, 6.07) is 4.36. The number of hydrogen-bond acceptors (Lipinski definition) is 7. The Morgan fingerprint density at radius 1 is 1.16 bits per heavy atom. The second-order valence-electron chi connectivity index (χ2n) is 11.1. The van der Waals surface area contributed by atoms with Crippen LogP contribution < -0.4 is 4.74 Å². The Balaban J connectivity index is 1.26. The summed E-state index contributed by atoms with van der Waals surface area (Å²) in [7, 11) is -0.156. The van der Waals surface area contributed by atoms with Crippen molar-refractivity contribution in [2.24, 2.45) is 0 Å². The number of ether oxygens (including phenoxy) is 2. The van der Waals surface area contributed by atoms with Gasteiger partial charge in [-0.1, -0.05) is 13.8 Å². The van der Waals surface area contributed by atoms with Gasteiger partial charge in [-0.3, -0.25) is 9.69 Å². The molecule has 2 fully saturated rings. The Hall–Kier alpha value is -1.72. The van der Waals surface area contributed by atoms with E-state index in [9.17, 15) is 13.2 Å². The Kier molecular flexibility index (Phi) is 9.73. The fourth-order valence-electron chi connectivity index (χ4n) is 6.34. The largest absolute Gasteiger partial charge is 0.497 e. The van der Waals surface area contributed by atoms with Crippen molar-refractivity contribution in [1.82, 2.24) is 19.0 Å². The van der Waals surface area contributed by atoms with E-state index in [1.54, 1.807) is 20.1 Å². The number of sulfonamides is 1. The summed E-state index contributed by atoms with van der Waals surface area (Å²) in [4.78, 5) is 20.3. The zero-order valence-corrected chi connectivity index (χ0v) is 24.6. The molecule has 2 aliphatic heterocycles. The van der Waals surface area contributed by atoms with E-state index in [1.165, 1.54) is 10.7 Å². The Labute approximate surface area is 229 Å². The molecular weight excluding hydrogens is 504 g/mol. The van der Waals surface area contributed by atoms with Gasteiger partial charge in [-0.2, -0.15) is 4.31 Å². The Bertz CT molecular complexity index is 1070. The summed E-state index contributed by atoms with van der Waals surface area (Å²) in [6.45, 7) is 12.4. The summed E-state index contributed by atoms with van der Waals surface area (Å²) in [6.07, 6.45) is 4.39. The lowest BCUT2D eigenvalue weighted by atomic mass is 9.88. The zero-order chi connectivity index (χ0) is 27.4. The number of rotatable bonds is 9. The van der Waals surface area contributed by atoms with Gasteiger partial charge in [0.15, 0.2) is 0 Å². The van der Waals surface area contributed by atoms with Gasteiger partial charge in [0.2, 0.25) is 15.9 Å². The molecule has 2 heterocycles. The number of likely N-dealkylation sites (N-methyl/N-ethyl adjacent to an activating group) is 2. The third kappa shape index (κ3) is 6.36. The first-order valence-electron chi connectivity index (χ1n) is 14.1. The van der Waals surface area contributed by atoms with E-state index < -0.39 is 10.0 Å². The fraction of sp³-hybridized carbons (Fsp3) is 0.750. The highest BCUT2D eigenvalue weighted by molar-refractivity contribution is 7.89. The van der Waals surface area contributed by atoms with E-state index in [4.69, 9.17) is 9.47 Å². The molecule has 1 aromatic rings. The van der Waals surface area contributed by atoms with E-state index >= 15 is 0 Å². The number of amides is 1. The van der Waals surface area contributed by atoms with Crippen LogP contribution in [-0.2, 0) is 19.6 Å². The van der Waals surface area contributed by atoms with Gasteiger partial charge in [-0.15, -0.1) is 0 Å². The molecule has 0 bridgehead atoms. The molecule has 0 N–H and O–H groups in total. The van der Waals surface area contributed by atoms with Crippen LogP contribution >= 0.6 is 0 Å². The predicted molar refractivity (Wildman–Crippen MR) is 148 cm³/mol. The lowest BCUT2D eigenvalue weighted by Crippen LogP contribution is -2.53. The molecular formula is C28H46N4O5S. The number of carbonyl (C=O) groups excluding carboxylic acids is 1. The average Bonchev–Trinajstić information content (AvgIpc) is 2.92. The van der Waals surface area contributed by atoms with Crippen LogP contribution in [0.25, 0.3) is 0 Å². The second kappa shape index (κ2) is 12.6. The number of aryl methyl sites for hydroxylation is 1. The van der Waals surface area contributed by atoms with Gasteiger partial charge in [-0.25, -0.2) is 8.42 Å². The predicted octanol–water partition coefficient (Wildman–Crippen LogP) is 2.54. The van der Waals surface area contributed by atoms with Crippen LogP contribution in [0.5, 0.6) is 5.75 Å². The number of piperazine rings is 1. The van der Waals surface area contributed by atoms with Crippen LogP contribution in [0.3, 0.4) is 0 Å². The number of nitrogens with zero attached hydrogens (tertiary/aromatic N) is 4. The first-order chi connectivity index (χ1) is 18.1. The van der Waals surface area contributed by atoms with Crippen LogP contribution in [0, 0.1) is 6.92 Å². The van der Waals surface area contributed by atoms with E-state index in [2.05, 4.69) is 16.7 Å². The van der Waals surface area contributed by atoms with E-state index in [0.717, 1.165) is 57.5 Å². The summed E-state index contributed by atoms with van der Waals surface area (Å²) in [5.41, 5.74) is 1.49. The number of hydrogen-bond donors (Lipinski definition) is 0. The van der Waals surface area contributed by atoms with E-state index in [1.807, 2.05) is 24.9 Å². The van der Waals surface area contributed by atoms with Crippen LogP contribution in [-0.4, -0.2) is 119 Å². The fourth-order valence-corrected chi connectivity index (χ4v) is 8.36. The molecule has 0 spiro atoms. The SMILES string of the molecule is CCN1CCN(C2CCCC(N(C)C(=O)COCCN3CC(C)c4cc(OC)cc(C)c4S3(=O)=O)C2)CC1. The van der Waals surface area contributed by atoms with E-state index in [-0.39, 0.29) is 37.6 Å². The van der Waals surface area contributed by atoms with Gasteiger partial charge in [-0.05, 0) is 68.3 Å². The molecule has 1 amide bonds. The molecule has 0 radical (unpaired) electrons. The topological polar surface area (TPSA) is 82.6 Å². The van der Waals surface area contributed by atoms with Crippen LogP contribution in [0.2, 0.25) is 0 Å². The Morgan fingerprint density at radius 3 is 2.58 bits per heavy atom. The van der Waals surface area contributed by atoms with Crippen molar-refractivity contribution in [3.8, 4) is 5.75 Å². The molecule has 1 aromatic carbocycles. The molecule has 1 aliphatic carbocycles. The van der Waals surface area contributed by atoms with Gasteiger partial charge in [0.05, 0.1) is 18.6 Å². The van der Waals surface area contributed by atoms with Crippen molar-refractivity contribution in [3.05, 3.63) is 23.3 Å².